The number of carbonyl (C=O) groups excluding carboxylic acids is 2. The summed E-state index contributed by atoms with van der Waals surface area (Å²) in [7, 11) is -3.86. The SMILES string of the molecule is NS(=O)(=O)c1ccc(N2C(=O)C(c3cccs3)=C(N3CCOCC3)C2=O)cc1. The van der Waals surface area contributed by atoms with Crippen LogP contribution in [0.2, 0.25) is 0 Å². The molecule has 0 aliphatic carbocycles. The number of morpholine rings is 1. The largest absolute Gasteiger partial charge is 0.378 e. The lowest BCUT2D eigenvalue weighted by molar-refractivity contribution is -0.121. The summed E-state index contributed by atoms with van der Waals surface area (Å²) in [6, 6.07) is 9.00. The van der Waals surface area contributed by atoms with Crippen LogP contribution in [0.5, 0.6) is 0 Å². The van der Waals surface area contributed by atoms with E-state index in [0.29, 0.717) is 48.1 Å². The van der Waals surface area contributed by atoms with Crippen LogP contribution in [-0.2, 0) is 24.3 Å². The molecule has 1 aromatic carbocycles. The zero-order valence-electron chi connectivity index (χ0n) is 14.7. The average Bonchev–Trinajstić information content (AvgIpc) is 3.28. The highest BCUT2D eigenvalue weighted by molar-refractivity contribution is 7.89. The van der Waals surface area contributed by atoms with E-state index in [0.717, 1.165) is 4.90 Å². The summed E-state index contributed by atoms with van der Waals surface area (Å²) in [4.78, 5) is 30.0. The van der Waals surface area contributed by atoms with Gasteiger partial charge >= 0.3 is 0 Å². The lowest BCUT2D eigenvalue weighted by Crippen LogP contribution is -2.40. The van der Waals surface area contributed by atoms with E-state index in [1.807, 2.05) is 16.3 Å². The molecule has 8 nitrogen and oxygen atoms in total. The number of primary sulfonamides is 1. The summed E-state index contributed by atoms with van der Waals surface area (Å²) in [6.07, 6.45) is 0. The highest BCUT2D eigenvalue weighted by Crippen LogP contribution is 2.36. The van der Waals surface area contributed by atoms with Crippen molar-refractivity contribution in [3.05, 3.63) is 52.4 Å². The number of ether oxygens (including phenoxy) is 1. The minimum Gasteiger partial charge on any atom is -0.378 e. The molecule has 10 heteroatoms. The van der Waals surface area contributed by atoms with Gasteiger partial charge in [0.2, 0.25) is 10.0 Å². The van der Waals surface area contributed by atoms with E-state index in [2.05, 4.69) is 0 Å². The number of carbonyl (C=O) groups is 2. The van der Waals surface area contributed by atoms with Gasteiger partial charge in [-0.25, -0.2) is 18.5 Å². The standard InChI is InChI=1S/C18H17N3O5S2/c19-28(24,25)13-5-3-12(4-6-13)21-17(22)15(14-2-1-11-27-14)16(18(21)23)20-7-9-26-10-8-20/h1-6,11H,7-10H2,(H2,19,24,25). The Labute approximate surface area is 165 Å². The highest BCUT2D eigenvalue weighted by atomic mass is 32.2. The van der Waals surface area contributed by atoms with Crippen molar-refractivity contribution >= 4 is 44.4 Å². The van der Waals surface area contributed by atoms with E-state index in [4.69, 9.17) is 9.88 Å². The van der Waals surface area contributed by atoms with E-state index in [1.165, 1.54) is 35.6 Å². The first-order valence-electron chi connectivity index (χ1n) is 8.50. The number of anilines is 1. The van der Waals surface area contributed by atoms with Crippen molar-refractivity contribution in [2.24, 2.45) is 5.14 Å². The van der Waals surface area contributed by atoms with E-state index in [-0.39, 0.29) is 4.90 Å². The van der Waals surface area contributed by atoms with Gasteiger partial charge in [0.15, 0.2) is 0 Å². The molecule has 2 N–H and O–H groups in total. The van der Waals surface area contributed by atoms with E-state index in [1.54, 1.807) is 6.07 Å². The fraction of sp³-hybridized carbons (Fsp3) is 0.222. The van der Waals surface area contributed by atoms with Crippen LogP contribution in [0.4, 0.5) is 5.69 Å². The second-order valence-corrected chi connectivity index (χ2v) is 8.79. The van der Waals surface area contributed by atoms with Crippen molar-refractivity contribution in [3.8, 4) is 0 Å². The third kappa shape index (κ3) is 3.24. The van der Waals surface area contributed by atoms with E-state index >= 15 is 0 Å². The molecule has 2 amide bonds. The first kappa shape index (κ1) is 18.8. The van der Waals surface area contributed by atoms with Gasteiger partial charge in [-0.2, -0.15) is 0 Å². The summed E-state index contributed by atoms with van der Waals surface area (Å²) in [5, 5.41) is 6.97. The Hall–Kier alpha value is -2.53. The van der Waals surface area contributed by atoms with Crippen LogP contribution < -0.4 is 10.0 Å². The Morgan fingerprint density at radius 2 is 1.68 bits per heavy atom. The van der Waals surface area contributed by atoms with Crippen molar-refractivity contribution in [1.29, 1.82) is 0 Å². The third-order valence-electron chi connectivity index (χ3n) is 4.58. The Morgan fingerprint density at radius 3 is 2.25 bits per heavy atom. The second kappa shape index (κ2) is 7.13. The molecule has 2 aromatic rings. The van der Waals surface area contributed by atoms with Crippen molar-refractivity contribution in [3.63, 3.8) is 0 Å². The minimum absolute atomic E-state index is 0.0878. The van der Waals surface area contributed by atoms with Crippen LogP contribution in [0.3, 0.4) is 0 Å². The van der Waals surface area contributed by atoms with Crippen LogP contribution >= 0.6 is 11.3 Å². The highest BCUT2D eigenvalue weighted by Gasteiger charge is 2.43. The summed E-state index contributed by atoms with van der Waals surface area (Å²) >= 11 is 1.39. The number of sulfonamides is 1. The summed E-state index contributed by atoms with van der Waals surface area (Å²) in [6.45, 7) is 1.99. The lowest BCUT2D eigenvalue weighted by atomic mass is 10.1. The first-order chi connectivity index (χ1) is 13.4. The van der Waals surface area contributed by atoms with Crippen molar-refractivity contribution in [2.75, 3.05) is 31.2 Å². The van der Waals surface area contributed by atoms with Crippen LogP contribution in [0, 0.1) is 0 Å². The van der Waals surface area contributed by atoms with Crippen molar-refractivity contribution in [2.45, 2.75) is 4.90 Å². The van der Waals surface area contributed by atoms with E-state index < -0.39 is 21.8 Å². The molecular weight excluding hydrogens is 402 g/mol. The number of thiophene rings is 1. The van der Waals surface area contributed by atoms with Gasteiger partial charge in [-0.1, -0.05) is 6.07 Å². The Bertz CT molecular complexity index is 1050. The summed E-state index contributed by atoms with van der Waals surface area (Å²) < 4.78 is 28.3. The van der Waals surface area contributed by atoms with Crippen LogP contribution in [0.1, 0.15) is 4.88 Å². The molecule has 28 heavy (non-hydrogen) atoms. The minimum atomic E-state index is -3.86. The summed E-state index contributed by atoms with van der Waals surface area (Å²) in [5.41, 5.74) is 1.00. The molecule has 146 valence electrons. The van der Waals surface area contributed by atoms with Gasteiger partial charge in [0.1, 0.15) is 5.70 Å². The number of rotatable bonds is 4. The molecule has 0 atom stereocenters. The van der Waals surface area contributed by atoms with Gasteiger partial charge in [-0.3, -0.25) is 9.59 Å². The molecule has 4 rings (SSSR count). The topological polar surface area (TPSA) is 110 Å². The molecule has 3 heterocycles. The molecule has 0 spiro atoms. The Kier molecular flexibility index (Phi) is 4.79. The lowest BCUT2D eigenvalue weighted by Gasteiger charge is -2.29. The quantitative estimate of drug-likeness (QED) is 0.741. The van der Waals surface area contributed by atoms with Gasteiger partial charge in [-0.05, 0) is 35.7 Å². The predicted molar refractivity (Wildman–Crippen MR) is 104 cm³/mol. The summed E-state index contributed by atoms with van der Waals surface area (Å²) in [5.74, 6) is -0.865. The maximum atomic E-state index is 13.2. The molecule has 1 aromatic heterocycles. The molecule has 0 radical (unpaired) electrons. The molecule has 0 unspecified atom stereocenters. The number of imide groups is 1. The Morgan fingerprint density at radius 1 is 1.00 bits per heavy atom. The van der Waals surface area contributed by atoms with Crippen LogP contribution in [0.25, 0.3) is 5.57 Å². The van der Waals surface area contributed by atoms with Gasteiger partial charge in [-0.15, -0.1) is 11.3 Å². The fourth-order valence-corrected chi connectivity index (χ4v) is 4.54. The Balaban J connectivity index is 1.76. The molecular formula is C18H17N3O5S2. The smallest absolute Gasteiger partial charge is 0.282 e. The fourth-order valence-electron chi connectivity index (χ4n) is 3.26. The van der Waals surface area contributed by atoms with Crippen LogP contribution in [-0.4, -0.2) is 51.4 Å². The maximum absolute atomic E-state index is 13.2. The molecule has 0 saturated carbocycles. The van der Waals surface area contributed by atoms with Crippen LogP contribution in [0.15, 0.2) is 52.4 Å². The third-order valence-corrected chi connectivity index (χ3v) is 6.39. The van der Waals surface area contributed by atoms with Crippen molar-refractivity contribution in [1.82, 2.24) is 4.90 Å². The molecule has 1 fully saturated rings. The van der Waals surface area contributed by atoms with Crippen molar-refractivity contribution < 1.29 is 22.7 Å². The maximum Gasteiger partial charge on any atom is 0.282 e. The van der Waals surface area contributed by atoms with Gasteiger partial charge in [0.25, 0.3) is 11.8 Å². The zero-order chi connectivity index (χ0) is 19.9. The normalized spacial score (nSPS) is 18.3. The molecule has 2 aliphatic rings. The second-order valence-electron chi connectivity index (χ2n) is 6.28. The number of amides is 2. The molecule has 2 aliphatic heterocycles. The number of hydrogen-bond acceptors (Lipinski definition) is 7. The monoisotopic (exact) mass is 419 g/mol. The average molecular weight is 419 g/mol. The van der Waals surface area contributed by atoms with Gasteiger partial charge in [0.05, 0.1) is 29.4 Å². The number of hydrogen-bond donors (Lipinski definition) is 1. The number of nitrogens with zero attached hydrogens (tertiary/aromatic N) is 2. The predicted octanol–water partition coefficient (Wildman–Crippen LogP) is 1.01. The van der Waals surface area contributed by atoms with E-state index in [9.17, 15) is 18.0 Å². The van der Waals surface area contributed by atoms with Gasteiger partial charge in [0, 0.05) is 18.0 Å². The first-order valence-corrected chi connectivity index (χ1v) is 10.9. The molecule has 1 saturated heterocycles. The number of nitrogens with two attached hydrogens (primary N) is 1. The number of benzene rings is 1. The van der Waals surface area contributed by atoms with Gasteiger partial charge < -0.3 is 9.64 Å². The zero-order valence-corrected chi connectivity index (χ0v) is 16.3. The molecule has 0 bridgehead atoms.